The molecule has 0 aromatic heterocycles. The maximum Gasteiger partial charge on any atom is 0.418 e. The molecular weight excluding hydrogens is 369 g/mol. The molecular formula is C18H14ClF3N2O2. The topological polar surface area (TPSA) is 58.2 Å². The number of halogens is 4. The van der Waals surface area contributed by atoms with Gasteiger partial charge in [-0.15, -0.1) is 6.58 Å². The van der Waals surface area contributed by atoms with Crippen molar-refractivity contribution in [2.45, 2.75) is 6.18 Å². The molecule has 136 valence electrons. The van der Waals surface area contributed by atoms with Crippen LogP contribution < -0.4 is 10.6 Å². The molecule has 0 radical (unpaired) electrons. The van der Waals surface area contributed by atoms with Gasteiger partial charge in [0.15, 0.2) is 0 Å². The maximum atomic E-state index is 13.1. The summed E-state index contributed by atoms with van der Waals surface area (Å²) in [5, 5.41) is 4.65. The molecule has 8 heteroatoms. The van der Waals surface area contributed by atoms with Gasteiger partial charge in [-0.2, -0.15) is 13.2 Å². The van der Waals surface area contributed by atoms with Gasteiger partial charge >= 0.3 is 6.18 Å². The van der Waals surface area contributed by atoms with E-state index in [1.165, 1.54) is 36.4 Å². The normalized spacial score (nSPS) is 10.9. The van der Waals surface area contributed by atoms with E-state index in [0.29, 0.717) is 0 Å². The molecule has 0 aliphatic carbocycles. The number of carbonyl (C=O) groups is 2. The van der Waals surface area contributed by atoms with Gasteiger partial charge in [-0.3, -0.25) is 9.59 Å². The van der Waals surface area contributed by atoms with Crippen molar-refractivity contribution in [3.8, 4) is 0 Å². The first-order valence-corrected chi connectivity index (χ1v) is 7.77. The van der Waals surface area contributed by atoms with E-state index in [0.717, 1.165) is 12.1 Å². The van der Waals surface area contributed by atoms with E-state index >= 15 is 0 Å². The van der Waals surface area contributed by atoms with E-state index < -0.39 is 29.2 Å². The quantitative estimate of drug-likeness (QED) is 0.746. The van der Waals surface area contributed by atoms with Gasteiger partial charge in [0, 0.05) is 22.7 Å². The summed E-state index contributed by atoms with van der Waals surface area (Å²) in [5.41, 5.74) is -1.24. The van der Waals surface area contributed by atoms with Crippen LogP contribution in [0.5, 0.6) is 0 Å². The summed E-state index contributed by atoms with van der Waals surface area (Å²) in [7, 11) is 0. The lowest BCUT2D eigenvalue weighted by molar-refractivity contribution is -0.136. The summed E-state index contributed by atoms with van der Waals surface area (Å²) in [4.78, 5) is 24.2. The highest BCUT2D eigenvalue weighted by Gasteiger charge is 2.34. The Hall–Kier alpha value is -2.80. The summed E-state index contributed by atoms with van der Waals surface area (Å²) in [6, 6.07) is 8.67. The minimum absolute atomic E-state index is 0.0410. The van der Waals surface area contributed by atoms with Gasteiger partial charge in [-0.05, 0) is 36.4 Å². The van der Waals surface area contributed by atoms with Crippen molar-refractivity contribution in [2.24, 2.45) is 0 Å². The van der Waals surface area contributed by atoms with Crippen LogP contribution in [0.3, 0.4) is 0 Å². The first-order valence-electron chi connectivity index (χ1n) is 7.39. The summed E-state index contributed by atoms with van der Waals surface area (Å²) in [6.45, 7) is 3.72. The summed E-state index contributed by atoms with van der Waals surface area (Å²) < 4.78 is 39.3. The number of alkyl halides is 3. The molecule has 0 atom stereocenters. The van der Waals surface area contributed by atoms with Crippen LogP contribution in [0.2, 0.25) is 5.02 Å². The van der Waals surface area contributed by atoms with E-state index in [4.69, 9.17) is 11.6 Å². The largest absolute Gasteiger partial charge is 0.418 e. The van der Waals surface area contributed by atoms with Gasteiger partial charge in [0.1, 0.15) is 0 Å². The maximum absolute atomic E-state index is 13.1. The highest BCUT2D eigenvalue weighted by molar-refractivity contribution is 6.30. The van der Waals surface area contributed by atoms with Crippen molar-refractivity contribution in [1.82, 2.24) is 5.32 Å². The van der Waals surface area contributed by atoms with Crippen LogP contribution in [-0.4, -0.2) is 18.4 Å². The van der Waals surface area contributed by atoms with Crippen LogP contribution in [-0.2, 0) is 6.18 Å². The Bertz CT molecular complexity index is 851. The number of rotatable bonds is 5. The molecule has 2 aromatic rings. The molecule has 0 spiro atoms. The predicted octanol–water partition coefficient (Wildman–Crippen LogP) is 4.53. The lowest BCUT2D eigenvalue weighted by Gasteiger charge is -2.14. The van der Waals surface area contributed by atoms with E-state index in [9.17, 15) is 22.8 Å². The van der Waals surface area contributed by atoms with Crippen molar-refractivity contribution in [3.63, 3.8) is 0 Å². The average Bonchev–Trinajstić information content (AvgIpc) is 2.60. The van der Waals surface area contributed by atoms with Crippen molar-refractivity contribution >= 4 is 29.1 Å². The van der Waals surface area contributed by atoms with Gasteiger partial charge in [0.2, 0.25) is 0 Å². The molecule has 2 N–H and O–H groups in total. The SMILES string of the molecule is C=CCNC(=O)c1cccc(C(=O)Nc2ccc(Cl)cc2C(F)(F)F)c1. The number of amides is 2. The number of hydrogen-bond donors (Lipinski definition) is 2. The standard InChI is InChI=1S/C18H14ClF3N2O2/c1-2-8-23-16(25)11-4-3-5-12(9-11)17(26)24-15-7-6-13(19)10-14(15)18(20,21)22/h2-7,9-10H,1,8H2,(H,23,25)(H,24,26). The lowest BCUT2D eigenvalue weighted by atomic mass is 10.1. The molecule has 0 bridgehead atoms. The molecule has 0 unspecified atom stereocenters. The molecule has 0 fully saturated rings. The fraction of sp³-hybridized carbons (Fsp3) is 0.111. The molecule has 2 aromatic carbocycles. The molecule has 0 aliphatic heterocycles. The van der Waals surface area contributed by atoms with Gasteiger partial charge < -0.3 is 10.6 Å². The van der Waals surface area contributed by atoms with Crippen LogP contribution in [0.1, 0.15) is 26.3 Å². The van der Waals surface area contributed by atoms with Crippen molar-refractivity contribution < 1.29 is 22.8 Å². The molecule has 0 saturated heterocycles. The zero-order valence-corrected chi connectivity index (χ0v) is 14.1. The Morgan fingerprint density at radius 1 is 1.08 bits per heavy atom. The minimum atomic E-state index is -4.68. The second kappa shape index (κ2) is 8.05. The van der Waals surface area contributed by atoms with Crippen molar-refractivity contribution in [3.05, 3.63) is 76.8 Å². The second-order valence-electron chi connectivity index (χ2n) is 5.22. The Morgan fingerprint density at radius 3 is 2.35 bits per heavy atom. The first kappa shape index (κ1) is 19.5. The highest BCUT2D eigenvalue weighted by atomic mass is 35.5. The lowest BCUT2D eigenvalue weighted by Crippen LogP contribution is -2.23. The van der Waals surface area contributed by atoms with Crippen LogP contribution in [0.25, 0.3) is 0 Å². The van der Waals surface area contributed by atoms with Crippen molar-refractivity contribution in [2.75, 3.05) is 11.9 Å². The Balaban J connectivity index is 2.26. The third-order valence-corrected chi connectivity index (χ3v) is 3.56. The van der Waals surface area contributed by atoms with Crippen molar-refractivity contribution in [1.29, 1.82) is 0 Å². The molecule has 4 nitrogen and oxygen atoms in total. The monoisotopic (exact) mass is 382 g/mol. The van der Waals surface area contributed by atoms with Gasteiger partial charge in [0.05, 0.1) is 11.3 Å². The average molecular weight is 383 g/mol. The van der Waals surface area contributed by atoms with Gasteiger partial charge in [0.25, 0.3) is 11.8 Å². The van der Waals surface area contributed by atoms with Crippen LogP contribution in [0.15, 0.2) is 55.1 Å². The first-order chi connectivity index (χ1) is 12.2. The second-order valence-corrected chi connectivity index (χ2v) is 5.66. The van der Waals surface area contributed by atoms with Crippen LogP contribution >= 0.6 is 11.6 Å². The smallest absolute Gasteiger partial charge is 0.349 e. The molecule has 0 saturated carbocycles. The number of hydrogen-bond acceptors (Lipinski definition) is 2. The molecule has 0 aliphatic rings. The molecule has 26 heavy (non-hydrogen) atoms. The van der Waals surface area contributed by atoms with Crippen LogP contribution in [0.4, 0.5) is 18.9 Å². The number of nitrogens with one attached hydrogen (secondary N) is 2. The minimum Gasteiger partial charge on any atom is -0.349 e. The predicted molar refractivity (Wildman–Crippen MR) is 93.4 cm³/mol. The Kier molecular flexibility index (Phi) is 6.05. The summed E-state index contributed by atoms with van der Waals surface area (Å²) in [5.74, 6) is -1.21. The number of anilines is 1. The number of benzene rings is 2. The summed E-state index contributed by atoms with van der Waals surface area (Å²) in [6.07, 6.45) is -3.19. The van der Waals surface area contributed by atoms with E-state index in [2.05, 4.69) is 17.2 Å². The summed E-state index contributed by atoms with van der Waals surface area (Å²) >= 11 is 5.61. The Morgan fingerprint density at radius 2 is 1.73 bits per heavy atom. The van der Waals surface area contributed by atoms with E-state index in [1.54, 1.807) is 0 Å². The zero-order valence-electron chi connectivity index (χ0n) is 13.4. The highest BCUT2D eigenvalue weighted by Crippen LogP contribution is 2.36. The van der Waals surface area contributed by atoms with Gasteiger partial charge in [-0.1, -0.05) is 23.7 Å². The molecule has 2 rings (SSSR count). The third kappa shape index (κ3) is 4.86. The van der Waals surface area contributed by atoms with E-state index in [1.807, 2.05) is 0 Å². The zero-order chi connectivity index (χ0) is 19.3. The third-order valence-electron chi connectivity index (χ3n) is 3.33. The molecule has 0 heterocycles. The van der Waals surface area contributed by atoms with Crippen LogP contribution in [0, 0.1) is 0 Å². The van der Waals surface area contributed by atoms with Gasteiger partial charge in [-0.25, -0.2) is 0 Å². The van der Waals surface area contributed by atoms with E-state index in [-0.39, 0.29) is 22.7 Å². The molecule has 2 amide bonds. The Labute approximate surface area is 152 Å². The number of carbonyl (C=O) groups excluding carboxylic acids is 2. The fourth-order valence-corrected chi connectivity index (χ4v) is 2.30. The fourth-order valence-electron chi connectivity index (χ4n) is 2.12.